The number of aliphatic imine (C=N–C) groups is 1. The van der Waals surface area contributed by atoms with Crippen LogP contribution in [0.1, 0.15) is 66.7 Å². The number of nitrogens with one attached hydrogen (secondary N) is 4. The van der Waals surface area contributed by atoms with Gasteiger partial charge in [-0.15, -0.1) is 0 Å². The predicted molar refractivity (Wildman–Crippen MR) is 212 cm³/mol. The number of halogens is 2. The Morgan fingerprint density at radius 3 is 2.47 bits per heavy atom. The van der Waals surface area contributed by atoms with Gasteiger partial charge in [0, 0.05) is 36.5 Å². The fraction of sp³-hybridized carbons (Fsp3) is 0.302. The fourth-order valence-electron chi connectivity index (χ4n) is 7.25. The summed E-state index contributed by atoms with van der Waals surface area (Å²) in [6.45, 7) is 7.95. The number of hydrogen-bond acceptors (Lipinski definition) is 7. The molecule has 5 aromatic rings. The first-order valence-corrected chi connectivity index (χ1v) is 18.7. The van der Waals surface area contributed by atoms with Crippen LogP contribution in [0.15, 0.2) is 96.1 Å². The van der Waals surface area contributed by atoms with Crippen molar-refractivity contribution in [3.8, 4) is 22.3 Å². The number of aromatic amines is 1. The van der Waals surface area contributed by atoms with Gasteiger partial charge in [0.1, 0.15) is 11.9 Å². The van der Waals surface area contributed by atoms with Gasteiger partial charge in [-0.2, -0.15) is 8.78 Å². The van der Waals surface area contributed by atoms with E-state index in [0.717, 1.165) is 37.8 Å². The number of imidazole rings is 1. The van der Waals surface area contributed by atoms with E-state index in [1.807, 2.05) is 48.5 Å². The van der Waals surface area contributed by atoms with E-state index in [9.17, 15) is 9.59 Å². The van der Waals surface area contributed by atoms with E-state index >= 15 is 8.78 Å². The van der Waals surface area contributed by atoms with Gasteiger partial charge in [-0.1, -0.05) is 80.4 Å². The van der Waals surface area contributed by atoms with Crippen LogP contribution in [0, 0.1) is 0 Å². The minimum absolute atomic E-state index is 0.0429. The van der Waals surface area contributed by atoms with Crippen LogP contribution < -0.4 is 16.0 Å². The molecular formula is C43H45F2N7O3. The van der Waals surface area contributed by atoms with Crippen LogP contribution in [0.25, 0.3) is 39.0 Å². The minimum atomic E-state index is -3.21. The van der Waals surface area contributed by atoms with Gasteiger partial charge in [-0.25, -0.2) is 9.78 Å². The highest BCUT2D eigenvalue weighted by molar-refractivity contribution is 5.88. The van der Waals surface area contributed by atoms with E-state index in [1.165, 1.54) is 7.11 Å². The smallest absolute Gasteiger partial charge is 0.407 e. The lowest BCUT2D eigenvalue weighted by molar-refractivity contribution is -0.134. The number of fused-ring (bicyclic) bond motifs is 4. The lowest BCUT2D eigenvalue weighted by atomic mass is 9.98. The van der Waals surface area contributed by atoms with Crippen LogP contribution in [0.3, 0.4) is 0 Å². The van der Waals surface area contributed by atoms with Gasteiger partial charge in [0.2, 0.25) is 5.91 Å². The zero-order valence-electron chi connectivity index (χ0n) is 31.0. The molecule has 1 aliphatic heterocycles. The maximum Gasteiger partial charge on any atom is 0.407 e. The molecule has 1 aliphatic carbocycles. The quantitative estimate of drug-likeness (QED) is 0.0638. The maximum absolute atomic E-state index is 16.3. The lowest BCUT2D eigenvalue weighted by Gasteiger charge is -2.28. The normalized spacial score (nSPS) is 16.1. The van der Waals surface area contributed by atoms with Crippen molar-refractivity contribution in [1.29, 1.82) is 0 Å². The Morgan fingerprint density at radius 1 is 1.04 bits per heavy atom. The number of carbonyl (C=O) groups is 2. The molecule has 4 aromatic carbocycles. The Labute approximate surface area is 319 Å². The molecule has 0 radical (unpaired) electrons. The minimum Gasteiger partial charge on any atom is -0.453 e. The summed E-state index contributed by atoms with van der Waals surface area (Å²) in [5, 5.41) is 9.38. The van der Waals surface area contributed by atoms with Crippen LogP contribution in [-0.2, 0) is 22.0 Å². The number of aromatic nitrogens is 2. The van der Waals surface area contributed by atoms with Crippen LogP contribution in [0.2, 0.25) is 0 Å². The number of H-pyrrole nitrogens is 1. The number of unbranched alkanes of at least 4 members (excludes halogenated alkanes) is 2. The van der Waals surface area contributed by atoms with Crippen molar-refractivity contribution >= 4 is 35.4 Å². The van der Waals surface area contributed by atoms with E-state index in [2.05, 4.69) is 39.6 Å². The first kappa shape index (κ1) is 37.4. The summed E-state index contributed by atoms with van der Waals surface area (Å²) in [5.41, 5.74) is 5.61. The van der Waals surface area contributed by atoms with E-state index in [-0.39, 0.29) is 23.6 Å². The Bertz CT molecular complexity index is 2230. The summed E-state index contributed by atoms with van der Waals surface area (Å²) in [4.78, 5) is 40.1. The highest BCUT2D eigenvalue weighted by atomic mass is 19.3. The largest absolute Gasteiger partial charge is 0.453 e. The zero-order valence-corrected chi connectivity index (χ0v) is 31.0. The van der Waals surface area contributed by atoms with Crippen molar-refractivity contribution in [3.63, 3.8) is 0 Å². The van der Waals surface area contributed by atoms with Gasteiger partial charge in [0.25, 0.3) is 5.92 Å². The molecule has 2 heterocycles. The average molecular weight is 746 g/mol. The van der Waals surface area contributed by atoms with Gasteiger partial charge in [0.15, 0.2) is 0 Å². The molecular weight excluding hydrogens is 701 g/mol. The highest BCUT2D eigenvalue weighted by Crippen LogP contribution is 2.52. The molecule has 284 valence electrons. The van der Waals surface area contributed by atoms with Crippen molar-refractivity contribution < 1.29 is 23.1 Å². The molecule has 0 bridgehead atoms. The molecule has 12 heteroatoms. The molecule has 2 unspecified atom stereocenters. The number of rotatable bonds is 15. The van der Waals surface area contributed by atoms with E-state index < -0.39 is 18.1 Å². The third kappa shape index (κ3) is 7.86. The van der Waals surface area contributed by atoms with Crippen LogP contribution in [0.4, 0.5) is 13.6 Å². The Hall–Kier alpha value is -5.88. The molecule has 7 rings (SSSR count). The molecule has 2 amide bonds. The topological polar surface area (TPSA) is 124 Å². The number of ether oxygens (including phenoxy) is 1. The molecule has 2 atom stereocenters. The van der Waals surface area contributed by atoms with Gasteiger partial charge in [-0.05, 0) is 83.8 Å². The second-order valence-corrected chi connectivity index (χ2v) is 14.0. The summed E-state index contributed by atoms with van der Waals surface area (Å²) in [5.74, 6) is -2.93. The SMILES string of the molecule is C=N/C=C(\NCC1CCN1)c1ccc2c(c1)C(F)(F)c1cc(-c3ccc4nc(CN(CCCCC)C(=O)C(NC(=O)OC)c5ccccc5)[nH]c4c3)ccc1-2. The second kappa shape index (κ2) is 16.2. The Kier molecular flexibility index (Phi) is 11.1. The summed E-state index contributed by atoms with van der Waals surface area (Å²) in [6, 6.07) is 24.4. The molecule has 10 nitrogen and oxygen atoms in total. The Balaban J connectivity index is 1.13. The van der Waals surface area contributed by atoms with Crippen molar-refractivity contribution in [3.05, 3.63) is 119 Å². The van der Waals surface area contributed by atoms with E-state index in [0.29, 0.717) is 69.5 Å². The summed E-state index contributed by atoms with van der Waals surface area (Å²) < 4.78 is 37.4. The molecule has 1 fully saturated rings. The maximum atomic E-state index is 16.3. The fourth-order valence-corrected chi connectivity index (χ4v) is 7.25. The number of benzene rings is 4. The summed E-state index contributed by atoms with van der Waals surface area (Å²) in [7, 11) is 1.26. The van der Waals surface area contributed by atoms with E-state index in [4.69, 9.17) is 9.72 Å². The standard InChI is InChI=1S/C43H45F2N7O3/c1-4-5-9-20-52(41(53)40(51-42(54)55-3)27-10-7-6-8-11-27)26-39-49-36-17-14-29(23-37(36)50-39)28-12-15-32-33-16-13-30(22-35(33)43(44,45)34(32)21-28)38(25-46-2)48-24-31-18-19-47-31/h6-8,10-17,21-23,25,31,40,47-48H,2,4-5,9,18-20,24,26H2,1,3H3,(H,49,50)(H,51,54)/b38-25-. The molecule has 0 saturated carbocycles. The first-order chi connectivity index (χ1) is 26.7. The first-order valence-electron chi connectivity index (χ1n) is 18.7. The van der Waals surface area contributed by atoms with Gasteiger partial charge in [0.05, 0.1) is 30.4 Å². The molecule has 1 aromatic heterocycles. The number of hydrogen-bond donors (Lipinski definition) is 4. The molecule has 4 N–H and O–H groups in total. The Morgan fingerprint density at radius 2 is 1.76 bits per heavy atom. The summed E-state index contributed by atoms with van der Waals surface area (Å²) >= 11 is 0. The monoisotopic (exact) mass is 745 g/mol. The van der Waals surface area contributed by atoms with Crippen LogP contribution in [0.5, 0.6) is 0 Å². The van der Waals surface area contributed by atoms with E-state index in [1.54, 1.807) is 47.5 Å². The number of alkyl halides is 2. The average Bonchev–Trinajstić information content (AvgIpc) is 3.69. The van der Waals surface area contributed by atoms with Gasteiger partial charge >= 0.3 is 6.09 Å². The van der Waals surface area contributed by atoms with Gasteiger partial charge < -0.3 is 30.6 Å². The molecule has 1 saturated heterocycles. The predicted octanol–water partition coefficient (Wildman–Crippen LogP) is 7.92. The second-order valence-electron chi connectivity index (χ2n) is 14.0. The third-order valence-corrected chi connectivity index (χ3v) is 10.4. The van der Waals surface area contributed by atoms with Crippen LogP contribution >= 0.6 is 0 Å². The number of nitrogens with zero attached hydrogens (tertiary/aromatic N) is 3. The number of amides is 2. The van der Waals surface area contributed by atoms with Gasteiger partial charge in [-0.3, -0.25) is 9.79 Å². The molecule has 2 aliphatic rings. The third-order valence-electron chi connectivity index (χ3n) is 10.4. The number of carbonyl (C=O) groups excluding carboxylic acids is 2. The molecule has 55 heavy (non-hydrogen) atoms. The van der Waals surface area contributed by atoms with Crippen molar-refractivity contribution in [2.75, 3.05) is 26.7 Å². The lowest BCUT2D eigenvalue weighted by Crippen LogP contribution is -2.48. The van der Waals surface area contributed by atoms with Crippen LogP contribution in [-0.4, -0.2) is 66.4 Å². The highest BCUT2D eigenvalue weighted by Gasteiger charge is 2.44. The number of alkyl carbamates (subject to hydrolysis) is 1. The summed E-state index contributed by atoms with van der Waals surface area (Å²) in [6.07, 6.45) is 4.60. The molecule has 0 spiro atoms. The van der Waals surface area contributed by atoms with Crippen molar-refractivity contribution in [2.24, 2.45) is 4.99 Å². The zero-order chi connectivity index (χ0) is 38.5. The van der Waals surface area contributed by atoms with Crippen molar-refractivity contribution in [1.82, 2.24) is 30.8 Å². The van der Waals surface area contributed by atoms with Crippen molar-refractivity contribution in [2.45, 2.75) is 57.2 Å². The number of methoxy groups -OCH3 is 1.